The van der Waals surface area contributed by atoms with Crippen LogP contribution in [0.4, 0.5) is 0 Å². The Bertz CT molecular complexity index is 387. The standard InChI is InChI=1S/C8H5ClN2O/c9-4-1-2-5-6(3-4)8(11)12-7(5)10/h1-3,10-11H. The third-order valence-corrected chi connectivity index (χ3v) is 1.91. The summed E-state index contributed by atoms with van der Waals surface area (Å²) >= 11 is 5.71. The zero-order valence-corrected chi connectivity index (χ0v) is 6.77. The number of hydrogen-bond donors (Lipinski definition) is 2. The van der Waals surface area contributed by atoms with E-state index in [0.717, 1.165) is 0 Å². The van der Waals surface area contributed by atoms with Crippen LogP contribution in [0.1, 0.15) is 11.1 Å². The van der Waals surface area contributed by atoms with Crippen LogP contribution in [0.3, 0.4) is 0 Å². The van der Waals surface area contributed by atoms with Gasteiger partial charge in [0.25, 0.3) is 0 Å². The highest BCUT2D eigenvalue weighted by Gasteiger charge is 2.23. The van der Waals surface area contributed by atoms with Gasteiger partial charge >= 0.3 is 0 Å². The average Bonchev–Trinajstić information content (AvgIpc) is 2.28. The molecule has 0 fully saturated rings. The second kappa shape index (κ2) is 2.32. The minimum Gasteiger partial charge on any atom is -0.421 e. The second-order valence-corrected chi connectivity index (χ2v) is 2.89. The molecule has 0 atom stereocenters. The van der Waals surface area contributed by atoms with Gasteiger partial charge in [-0.1, -0.05) is 11.6 Å². The molecule has 1 aliphatic heterocycles. The zero-order valence-electron chi connectivity index (χ0n) is 6.02. The molecule has 1 aromatic rings. The number of nitrogens with one attached hydrogen (secondary N) is 2. The number of ether oxygens (including phenoxy) is 1. The highest BCUT2D eigenvalue weighted by Crippen LogP contribution is 2.22. The Labute approximate surface area is 73.9 Å². The van der Waals surface area contributed by atoms with E-state index in [1.807, 2.05) is 0 Å². The first kappa shape index (κ1) is 7.31. The van der Waals surface area contributed by atoms with Crippen molar-refractivity contribution in [3.63, 3.8) is 0 Å². The van der Waals surface area contributed by atoms with E-state index >= 15 is 0 Å². The highest BCUT2D eigenvalue weighted by molar-refractivity contribution is 6.31. The molecule has 60 valence electrons. The summed E-state index contributed by atoms with van der Waals surface area (Å²) in [4.78, 5) is 0. The van der Waals surface area contributed by atoms with Gasteiger partial charge in [-0.3, -0.25) is 10.8 Å². The molecule has 4 heteroatoms. The summed E-state index contributed by atoms with van der Waals surface area (Å²) in [6, 6.07) is 4.99. The fraction of sp³-hybridized carbons (Fsp3) is 0. The van der Waals surface area contributed by atoms with Crippen molar-refractivity contribution in [2.45, 2.75) is 0 Å². The van der Waals surface area contributed by atoms with Gasteiger partial charge in [0.1, 0.15) is 0 Å². The Morgan fingerprint density at radius 3 is 2.50 bits per heavy atom. The van der Waals surface area contributed by atoms with Crippen LogP contribution in [-0.4, -0.2) is 11.8 Å². The molecule has 0 saturated carbocycles. The maximum Gasteiger partial charge on any atom is 0.222 e. The molecule has 0 spiro atoms. The van der Waals surface area contributed by atoms with Gasteiger partial charge in [-0.25, -0.2) is 0 Å². The second-order valence-electron chi connectivity index (χ2n) is 2.45. The van der Waals surface area contributed by atoms with E-state index in [2.05, 4.69) is 0 Å². The van der Waals surface area contributed by atoms with Gasteiger partial charge in [0.15, 0.2) is 0 Å². The average molecular weight is 181 g/mol. The van der Waals surface area contributed by atoms with Crippen molar-refractivity contribution in [1.82, 2.24) is 0 Å². The molecule has 2 N–H and O–H groups in total. The molecule has 0 unspecified atom stereocenters. The van der Waals surface area contributed by atoms with Crippen molar-refractivity contribution >= 4 is 23.4 Å². The Morgan fingerprint density at radius 1 is 1.08 bits per heavy atom. The number of benzene rings is 1. The van der Waals surface area contributed by atoms with Crippen LogP contribution in [0, 0.1) is 10.8 Å². The van der Waals surface area contributed by atoms with Crippen molar-refractivity contribution in [2.24, 2.45) is 0 Å². The molecule has 0 amide bonds. The Kier molecular flexibility index (Phi) is 1.41. The number of halogens is 1. The Balaban J connectivity index is 2.68. The third-order valence-electron chi connectivity index (χ3n) is 1.67. The quantitative estimate of drug-likeness (QED) is 0.631. The molecule has 3 nitrogen and oxygen atoms in total. The van der Waals surface area contributed by atoms with E-state index in [1.54, 1.807) is 18.2 Å². The predicted octanol–water partition coefficient (Wildman–Crippen LogP) is 2.02. The summed E-state index contributed by atoms with van der Waals surface area (Å²) in [5.74, 6) is 0.0177. The normalized spacial score (nSPS) is 14.4. The van der Waals surface area contributed by atoms with Gasteiger partial charge in [0.2, 0.25) is 11.8 Å². The maximum atomic E-state index is 7.34. The number of hydrogen-bond acceptors (Lipinski definition) is 3. The van der Waals surface area contributed by atoms with Crippen LogP contribution < -0.4 is 0 Å². The summed E-state index contributed by atoms with van der Waals surface area (Å²) in [5.41, 5.74) is 1.22. The van der Waals surface area contributed by atoms with Crippen molar-refractivity contribution in [3.05, 3.63) is 34.3 Å². The molecular formula is C8H5ClN2O. The zero-order chi connectivity index (χ0) is 8.72. The molecule has 0 aromatic heterocycles. The lowest BCUT2D eigenvalue weighted by Gasteiger charge is -1.93. The molecule has 0 bridgehead atoms. The van der Waals surface area contributed by atoms with Crippen molar-refractivity contribution < 1.29 is 4.74 Å². The van der Waals surface area contributed by atoms with Gasteiger partial charge < -0.3 is 4.74 Å². The SMILES string of the molecule is N=C1OC(=N)c2cc(Cl)ccc21. The Morgan fingerprint density at radius 2 is 1.75 bits per heavy atom. The van der Waals surface area contributed by atoms with Crippen LogP contribution in [0.5, 0.6) is 0 Å². The summed E-state index contributed by atoms with van der Waals surface area (Å²) in [5, 5.41) is 15.2. The maximum absolute atomic E-state index is 7.34. The van der Waals surface area contributed by atoms with E-state index in [9.17, 15) is 0 Å². The van der Waals surface area contributed by atoms with E-state index in [0.29, 0.717) is 16.1 Å². The van der Waals surface area contributed by atoms with Crippen LogP contribution in [0.25, 0.3) is 0 Å². The molecule has 0 radical (unpaired) electrons. The van der Waals surface area contributed by atoms with Crippen LogP contribution >= 0.6 is 11.6 Å². The van der Waals surface area contributed by atoms with E-state index in [-0.39, 0.29) is 11.8 Å². The Hall–Kier alpha value is -1.35. The van der Waals surface area contributed by atoms with Crippen LogP contribution in [-0.2, 0) is 4.74 Å². The molecule has 0 aliphatic carbocycles. The molecule has 12 heavy (non-hydrogen) atoms. The fourth-order valence-corrected chi connectivity index (χ4v) is 1.29. The third kappa shape index (κ3) is 0.905. The fourth-order valence-electron chi connectivity index (χ4n) is 1.11. The van der Waals surface area contributed by atoms with Crippen molar-refractivity contribution in [2.75, 3.05) is 0 Å². The van der Waals surface area contributed by atoms with Gasteiger partial charge in [-0.2, -0.15) is 0 Å². The van der Waals surface area contributed by atoms with Gasteiger partial charge in [-0.05, 0) is 18.2 Å². The first-order valence-corrected chi connectivity index (χ1v) is 3.71. The lowest BCUT2D eigenvalue weighted by molar-refractivity contribution is 0.553. The van der Waals surface area contributed by atoms with E-state index in [4.69, 9.17) is 27.2 Å². The number of fused-ring (bicyclic) bond motifs is 1. The predicted molar refractivity (Wildman–Crippen MR) is 46.2 cm³/mol. The number of rotatable bonds is 0. The van der Waals surface area contributed by atoms with Gasteiger partial charge in [0, 0.05) is 10.6 Å². The molecule has 0 saturated heterocycles. The minimum absolute atomic E-state index is 0.00231. The molecule has 1 aromatic carbocycles. The van der Waals surface area contributed by atoms with Gasteiger partial charge in [-0.15, -0.1) is 0 Å². The van der Waals surface area contributed by atoms with Gasteiger partial charge in [0.05, 0.1) is 5.56 Å². The van der Waals surface area contributed by atoms with Crippen LogP contribution in [0.2, 0.25) is 5.02 Å². The monoisotopic (exact) mass is 180 g/mol. The largest absolute Gasteiger partial charge is 0.421 e. The molecule has 2 rings (SSSR count). The van der Waals surface area contributed by atoms with E-state index < -0.39 is 0 Å². The van der Waals surface area contributed by atoms with E-state index in [1.165, 1.54) is 0 Å². The minimum atomic E-state index is -0.00231. The topological polar surface area (TPSA) is 56.9 Å². The lowest BCUT2D eigenvalue weighted by atomic mass is 10.1. The summed E-state index contributed by atoms with van der Waals surface area (Å²) in [6.45, 7) is 0. The summed E-state index contributed by atoms with van der Waals surface area (Å²) in [6.07, 6.45) is 0. The summed E-state index contributed by atoms with van der Waals surface area (Å²) < 4.78 is 4.79. The molecule has 1 heterocycles. The first-order chi connectivity index (χ1) is 5.68. The van der Waals surface area contributed by atoms with Crippen molar-refractivity contribution in [3.8, 4) is 0 Å². The highest BCUT2D eigenvalue weighted by atomic mass is 35.5. The molecule has 1 aliphatic rings. The van der Waals surface area contributed by atoms with Crippen LogP contribution in [0.15, 0.2) is 18.2 Å². The summed E-state index contributed by atoms with van der Waals surface area (Å²) in [7, 11) is 0. The smallest absolute Gasteiger partial charge is 0.222 e. The molecular weight excluding hydrogens is 176 g/mol. The van der Waals surface area contributed by atoms with Crippen molar-refractivity contribution in [1.29, 1.82) is 10.8 Å². The first-order valence-electron chi connectivity index (χ1n) is 3.34. The lowest BCUT2D eigenvalue weighted by Crippen LogP contribution is -1.97.